The van der Waals surface area contributed by atoms with E-state index in [1.807, 2.05) is 27.7 Å². The normalized spacial score (nSPS) is 12.1. The SMILES string of the molecule is CC(C)Oc1nc(OC(C)C)nc(C(Cl)(Cl)Cl)n1. The average Bonchev–Trinajstić information content (AvgIpc) is 2.13. The van der Waals surface area contributed by atoms with E-state index in [4.69, 9.17) is 44.3 Å². The molecule has 5 nitrogen and oxygen atoms in total. The second-order valence-corrected chi connectivity index (χ2v) is 6.34. The molecule has 0 N–H and O–H groups in total. The maximum atomic E-state index is 5.74. The van der Waals surface area contributed by atoms with Gasteiger partial charge in [0, 0.05) is 0 Å². The fourth-order valence-electron chi connectivity index (χ4n) is 0.992. The number of rotatable bonds is 4. The minimum atomic E-state index is -1.76. The second kappa shape index (κ2) is 6.08. The highest BCUT2D eigenvalue weighted by Crippen LogP contribution is 2.36. The number of aromatic nitrogens is 3. The van der Waals surface area contributed by atoms with Crippen LogP contribution < -0.4 is 9.47 Å². The Morgan fingerprint density at radius 2 is 1.22 bits per heavy atom. The molecule has 0 bridgehead atoms. The Bertz CT molecular complexity index is 380. The lowest BCUT2D eigenvalue weighted by atomic mass is 10.5. The van der Waals surface area contributed by atoms with Crippen molar-refractivity contribution in [3.8, 4) is 12.0 Å². The molecule has 0 saturated carbocycles. The molecule has 1 aromatic heterocycles. The molecule has 0 atom stereocenters. The number of alkyl halides is 3. The second-order valence-electron chi connectivity index (χ2n) is 4.06. The zero-order valence-electron chi connectivity index (χ0n) is 10.4. The third-order valence-electron chi connectivity index (χ3n) is 1.53. The van der Waals surface area contributed by atoms with Crippen molar-refractivity contribution >= 4 is 34.8 Å². The minimum Gasteiger partial charge on any atom is -0.461 e. The predicted molar refractivity (Wildman–Crippen MR) is 70.6 cm³/mol. The molecule has 0 fully saturated rings. The van der Waals surface area contributed by atoms with Gasteiger partial charge in [-0.2, -0.15) is 9.97 Å². The smallest absolute Gasteiger partial charge is 0.323 e. The van der Waals surface area contributed by atoms with Gasteiger partial charge in [-0.1, -0.05) is 34.8 Å². The van der Waals surface area contributed by atoms with Gasteiger partial charge in [-0.05, 0) is 27.7 Å². The zero-order chi connectivity index (χ0) is 13.9. The highest BCUT2D eigenvalue weighted by atomic mass is 35.6. The molecule has 0 spiro atoms. The summed E-state index contributed by atoms with van der Waals surface area (Å²) in [5.41, 5.74) is 0. The molecule has 0 aromatic carbocycles. The standard InChI is InChI=1S/C10H14Cl3N3O2/c1-5(2)17-8-14-7(10(11,12)13)15-9(16-8)18-6(3)4/h5-6H,1-4H3. The first-order chi connectivity index (χ1) is 8.18. The van der Waals surface area contributed by atoms with Crippen LogP contribution in [0, 0.1) is 0 Å². The summed E-state index contributed by atoms with van der Waals surface area (Å²) < 4.78 is 8.95. The minimum absolute atomic E-state index is 0.0335. The molecule has 0 amide bonds. The van der Waals surface area contributed by atoms with Gasteiger partial charge >= 0.3 is 12.0 Å². The van der Waals surface area contributed by atoms with E-state index in [1.54, 1.807) is 0 Å². The fourth-order valence-corrected chi connectivity index (χ4v) is 1.25. The predicted octanol–water partition coefficient (Wildman–Crippen LogP) is 3.27. The van der Waals surface area contributed by atoms with E-state index in [1.165, 1.54) is 0 Å². The van der Waals surface area contributed by atoms with Crippen molar-refractivity contribution in [2.75, 3.05) is 0 Å². The van der Waals surface area contributed by atoms with Gasteiger partial charge in [0.2, 0.25) is 3.79 Å². The van der Waals surface area contributed by atoms with Crippen LogP contribution in [0.25, 0.3) is 0 Å². The summed E-state index contributed by atoms with van der Waals surface area (Å²) in [5, 5.41) is 0. The molecule has 8 heteroatoms. The Labute approximate surface area is 121 Å². The molecule has 0 aliphatic carbocycles. The van der Waals surface area contributed by atoms with Crippen LogP contribution >= 0.6 is 34.8 Å². The Kier molecular flexibility index (Phi) is 5.25. The van der Waals surface area contributed by atoms with Crippen molar-refractivity contribution in [3.05, 3.63) is 5.82 Å². The number of hydrogen-bond donors (Lipinski definition) is 0. The van der Waals surface area contributed by atoms with Crippen molar-refractivity contribution in [1.29, 1.82) is 0 Å². The first kappa shape index (κ1) is 15.5. The zero-order valence-corrected chi connectivity index (χ0v) is 12.7. The fraction of sp³-hybridized carbons (Fsp3) is 0.700. The lowest BCUT2D eigenvalue weighted by Gasteiger charge is -2.15. The van der Waals surface area contributed by atoms with Gasteiger partial charge in [0.25, 0.3) is 0 Å². The van der Waals surface area contributed by atoms with E-state index >= 15 is 0 Å². The molecular formula is C10H14Cl3N3O2. The first-order valence-corrected chi connectivity index (χ1v) is 6.48. The number of ether oxygens (including phenoxy) is 2. The van der Waals surface area contributed by atoms with Gasteiger partial charge in [-0.15, -0.1) is 4.98 Å². The van der Waals surface area contributed by atoms with Crippen LogP contribution in [0.4, 0.5) is 0 Å². The van der Waals surface area contributed by atoms with Gasteiger partial charge < -0.3 is 9.47 Å². The van der Waals surface area contributed by atoms with E-state index in [-0.39, 0.29) is 30.1 Å². The van der Waals surface area contributed by atoms with E-state index in [9.17, 15) is 0 Å². The molecule has 0 aliphatic rings. The van der Waals surface area contributed by atoms with Crippen molar-refractivity contribution in [1.82, 2.24) is 15.0 Å². The molecule has 0 radical (unpaired) electrons. The maximum absolute atomic E-state index is 5.74. The van der Waals surface area contributed by atoms with E-state index < -0.39 is 3.79 Å². The monoisotopic (exact) mass is 313 g/mol. The van der Waals surface area contributed by atoms with Crippen LogP contribution in [-0.4, -0.2) is 27.2 Å². The van der Waals surface area contributed by atoms with Crippen LogP contribution in [0.15, 0.2) is 0 Å². The Hall–Kier alpha value is -0.520. The highest BCUT2D eigenvalue weighted by molar-refractivity contribution is 6.66. The molecule has 1 aromatic rings. The maximum Gasteiger partial charge on any atom is 0.323 e. The molecule has 102 valence electrons. The molecule has 18 heavy (non-hydrogen) atoms. The molecule has 1 rings (SSSR count). The molecular weight excluding hydrogens is 300 g/mol. The highest BCUT2D eigenvalue weighted by Gasteiger charge is 2.29. The quantitative estimate of drug-likeness (QED) is 0.798. The molecule has 0 unspecified atom stereocenters. The largest absolute Gasteiger partial charge is 0.461 e. The van der Waals surface area contributed by atoms with E-state index in [0.717, 1.165) is 0 Å². The van der Waals surface area contributed by atoms with Crippen LogP contribution in [0.5, 0.6) is 12.0 Å². The summed E-state index contributed by atoms with van der Waals surface area (Å²) in [6, 6.07) is 0.133. The van der Waals surface area contributed by atoms with Crippen molar-refractivity contribution in [3.63, 3.8) is 0 Å². The van der Waals surface area contributed by atoms with Crippen molar-refractivity contribution in [2.45, 2.75) is 43.7 Å². The Balaban J connectivity index is 3.11. The van der Waals surface area contributed by atoms with Crippen LogP contribution in [0.2, 0.25) is 0 Å². The van der Waals surface area contributed by atoms with Gasteiger partial charge in [0.1, 0.15) is 0 Å². The van der Waals surface area contributed by atoms with Crippen molar-refractivity contribution < 1.29 is 9.47 Å². The lowest BCUT2D eigenvalue weighted by molar-refractivity contribution is 0.195. The number of hydrogen-bond acceptors (Lipinski definition) is 5. The summed E-state index contributed by atoms with van der Waals surface area (Å²) in [7, 11) is 0. The van der Waals surface area contributed by atoms with Gasteiger partial charge in [0.15, 0.2) is 5.82 Å². The summed E-state index contributed by atoms with van der Waals surface area (Å²) in [6.07, 6.45) is -0.218. The van der Waals surface area contributed by atoms with Gasteiger partial charge in [0.05, 0.1) is 12.2 Å². The van der Waals surface area contributed by atoms with Crippen molar-refractivity contribution in [2.24, 2.45) is 0 Å². The van der Waals surface area contributed by atoms with E-state index in [0.29, 0.717) is 0 Å². The summed E-state index contributed by atoms with van der Waals surface area (Å²) in [5.74, 6) is -0.0335. The molecule has 0 aliphatic heterocycles. The van der Waals surface area contributed by atoms with Crippen LogP contribution in [0.1, 0.15) is 33.5 Å². The Morgan fingerprint density at radius 3 is 1.50 bits per heavy atom. The van der Waals surface area contributed by atoms with Gasteiger partial charge in [-0.3, -0.25) is 0 Å². The van der Waals surface area contributed by atoms with Crippen LogP contribution in [-0.2, 0) is 3.79 Å². The average molecular weight is 315 g/mol. The lowest BCUT2D eigenvalue weighted by Crippen LogP contribution is -2.17. The van der Waals surface area contributed by atoms with Gasteiger partial charge in [-0.25, -0.2) is 0 Å². The van der Waals surface area contributed by atoms with E-state index in [2.05, 4.69) is 15.0 Å². The third-order valence-corrected chi connectivity index (χ3v) is 2.04. The molecule has 1 heterocycles. The molecule has 0 saturated heterocycles. The number of nitrogens with zero attached hydrogens (tertiary/aromatic N) is 3. The topological polar surface area (TPSA) is 57.1 Å². The van der Waals surface area contributed by atoms with Crippen LogP contribution in [0.3, 0.4) is 0 Å². The summed E-state index contributed by atoms with van der Waals surface area (Å²) in [6.45, 7) is 7.34. The Morgan fingerprint density at radius 1 is 0.833 bits per heavy atom. The first-order valence-electron chi connectivity index (χ1n) is 5.35. The third kappa shape index (κ3) is 5.00. The summed E-state index contributed by atoms with van der Waals surface area (Å²) in [4.78, 5) is 11.8. The number of halogens is 3. The summed E-state index contributed by atoms with van der Waals surface area (Å²) >= 11 is 17.2.